The lowest BCUT2D eigenvalue weighted by atomic mass is 10.2. The van der Waals surface area contributed by atoms with E-state index in [9.17, 15) is 4.79 Å². The first-order chi connectivity index (χ1) is 10.7. The summed E-state index contributed by atoms with van der Waals surface area (Å²) in [5.41, 5.74) is 1.14. The molecule has 2 rings (SSSR count). The molecule has 0 fully saturated rings. The smallest absolute Gasteiger partial charge is 0.260 e. The van der Waals surface area contributed by atoms with Gasteiger partial charge in [-0.15, -0.1) is 11.3 Å². The number of hydrogen-bond acceptors (Lipinski definition) is 5. The molecule has 1 aromatic heterocycles. The van der Waals surface area contributed by atoms with E-state index in [0.717, 1.165) is 16.2 Å². The Labute approximate surface area is 133 Å². The lowest BCUT2D eigenvalue weighted by molar-refractivity contribution is -0.125. The second-order valence-corrected chi connectivity index (χ2v) is 5.52. The molecule has 6 heteroatoms. The molecule has 0 bridgehead atoms. The number of nitrogens with zero attached hydrogens (tertiary/aromatic N) is 1. The molecular weight excluding hydrogens is 300 g/mol. The van der Waals surface area contributed by atoms with E-state index in [2.05, 4.69) is 10.5 Å². The zero-order valence-corrected chi connectivity index (χ0v) is 13.1. The average molecular weight is 318 g/mol. The SMILES string of the molecule is Cc1cccc(OCCNC(=O)CO/N=C/c2cccs2)c1. The number of rotatable bonds is 8. The van der Waals surface area contributed by atoms with Crippen molar-refractivity contribution in [1.29, 1.82) is 0 Å². The summed E-state index contributed by atoms with van der Waals surface area (Å²) in [7, 11) is 0. The summed E-state index contributed by atoms with van der Waals surface area (Å²) in [5, 5.41) is 8.38. The first-order valence-electron chi connectivity index (χ1n) is 6.89. The maximum Gasteiger partial charge on any atom is 0.260 e. The topological polar surface area (TPSA) is 59.9 Å². The molecule has 0 atom stereocenters. The summed E-state index contributed by atoms with van der Waals surface area (Å²) in [6, 6.07) is 11.6. The minimum absolute atomic E-state index is 0.105. The number of hydrogen-bond donors (Lipinski definition) is 1. The van der Waals surface area contributed by atoms with Crippen LogP contribution in [-0.2, 0) is 9.63 Å². The molecule has 5 nitrogen and oxygen atoms in total. The molecule has 0 aliphatic heterocycles. The second kappa shape index (κ2) is 8.84. The summed E-state index contributed by atoms with van der Waals surface area (Å²) in [5.74, 6) is 0.571. The van der Waals surface area contributed by atoms with Crippen LogP contribution in [0.1, 0.15) is 10.4 Å². The van der Waals surface area contributed by atoms with E-state index >= 15 is 0 Å². The molecule has 22 heavy (non-hydrogen) atoms. The van der Waals surface area contributed by atoms with Crippen LogP contribution in [0.25, 0.3) is 0 Å². The van der Waals surface area contributed by atoms with Gasteiger partial charge in [0.05, 0.1) is 12.8 Å². The van der Waals surface area contributed by atoms with Crippen LogP contribution >= 0.6 is 11.3 Å². The van der Waals surface area contributed by atoms with E-state index < -0.39 is 0 Å². The monoisotopic (exact) mass is 318 g/mol. The Balaban J connectivity index is 1.56. The van der Waals surface area contributed by atoms with Crippen molar-refractivity contribution >= 4 is 23.5 Å². The molecule has 0 radical (unpaired) electrons. The van der Waals surface area contributed by atoms with Crippen LogP contribution in [0.4, 0.5) is 0 Å². The molecule has 0 spiro atoms. The fourth-order valence-corrected chi connectivity index (χ4v) is 2.24. The maximum atomic E-state index is 11.5. The predicted molar refractivity (Wildman–Crippen MR) is 87.5 cm³/mol. The van der Waals surface area contributed by atoms with Crippen LogP contribution in [0.15, 0.2) is 46.9 Å². The molecule has 2 aromatic rings. The fraction of sp³-hybridized carbons (Fsp3) is 0.250. The number of ether oxygens (including phenoxy) is 1. The highest BCUT2D eigenvalue weighted by atomic mass is 32.1. The third-order valence-electron chi connectivity index (χ3n) is 2.68. The van der Waals surface area contributed by atoms with Gasteiger partial charge in [-0.1, -0.05) is 23.4 Å². The third-order valence-corrected chi connectivity index (χ3v) is 3.48. The van der Waals surface area contributed by atoms with Crippen molar-refractivity contribution in [1.82, 2.24) is 5.32 Å². The number of benzene rings is 1. The molecule has 0 aliphatic carbocycles. The van der Waals surface area contributed by atoms with E-state index in [1.165, 1.54) is 0 Å². The van der Waals surface area contributed by atoms with Crippen molar-refractivity contribution in [3.63, 3.8) is 0 Å². The first-order valence-corrected chi connectivity index (χ1v) is 7.77. The average Bonchev–Trinajstić information content (AvgIpc) is 3.02. The van der Waals surface area contributed by atoms with E-state index in [1.54, 1.807) is 17.6 Å². The number of amides is 1. The van der Waals surface area contributed by atoms with Crippen molar-refractivity contribution in [2.45, 2.75) is 6.92 Å². The highest BCUT2D eigenvalue weighted by Gasteiger charge is 2.01. The van der Waals surface area contributed by atoms with E-state index in [1.807, 2.05) is 48.7 Å². The van der Waals surface area contributed by atoms with Crippen molar-refractivity contribution in [3.8, 4) is 5.75 Å². The Bertz CT molecular complexity index is 612. The Morgan fingerprint density at radius 1 is 1.36 bits per heavy atom. The van der Waals surface area contributed by atoms with Crippen molar-refractivity contribution in [2.24, 2.45) is 5.16 Å². The molecular formula is C16H18N2O3S. The number of oxime groups is 1. The van der Waals surface area contributed by atoms with Gasteiger partial charge in [0.2, 0.25) is 0 Å². The highest BCUT2D eigenvalue weighted by Crippen LogP contribution is 2.11. The zero-order valence-electron chi connectivity index (χ0n) is 12.3. The first kappa shape index (κ1) is 16.0. The summed E-state index contributed by atoms with van der Waals surface area (Å²) in [6.45, 7) is 2.73. The standard InChI is InChI=1S/C16H18N2O3S/c1-13-4-2-5-14(10-13)20-8-7-17-16(19)12-21-18-11-15-6-3-9-22-15/h2-6,9-11H,7-8,12H2,1H3,(H,17,19)/b18-11+. The lowest BCUT2D eigenvalue weighted by Crippen LogP contribution is -2.30. The van der Waals surface area contributed by atoms with Gasteiger partial charge in [0.25, 0.3) is 5.91 Å². The maximum absolute atomic E-state index is 11.5. The summed E-state index contributed by atoms with van der Waals surface area (Å²) < 4.78 is 5.53. The van der Waals surface area contributed by atoms with Crippen LogP contribution in [0, 0.1) is 6.92 Å². The molecule has 0 aliphatic rings. The minimum atomic E-state index is -0.226. The molecule has 1 heterocycles. The van der Waals surface area contributed by atoms with Gasteiger partial charge in [-0.2, -0.15) is 0 Å². The normalized spacial score (nSPS) is 10.6. The Kier molecular flexibility index (Phi) is 6.44. The van der Waals surface area contributed by atoms with Gasteiger partial charge < -0.3 is 14.9 Å². The number of carbonyl (C=O) groups excluding carboxylic acids is 1. The molecule has 0 saturated heterocycles. The van der Waals surface area contributed by atoms with Crippen LogP contribution in [0.5, 0.6) is 5.75 Å². The minimum Gasteiger partial charge on any atom is -0.492 e. The van der Waals surface area contributed by atoms with Gasteiger partial charge in [-0.25, -0.2) is 0 Å². The number of nitrogens with one attached hydrogen (secondary N) is 1. The van der Waals surface area contributed by atoms with Crippen molar-refractivity contribution < 1.29 is 14.4 Å². The van der Waals surface area contributed by atoms with Gasteiger partial charge in [0.15, 0.2) is 6.61 Å². The summed E-state index contributed by atoms with van der Waals surface area (Å²) in [4.78, 5) is 17.4. The number of carbonyl (C=O) groups is 1. The number of thiophene rings is 1. The molecule has 116 valence electrons. The second-order valence-electron chi connectivity index (χ2n) is 4.54. The molecule has 1 amide bonds. The van der Waals surface area contributed by atoms with E-state index in [0.29, 0.717) is 13.2 Å². The summed E-state index contributed by atoms with van der Waals surface area (Å²) >= 11 is 1.55. The van der Waals surface area contributed by atoms with Gasteiger partial charge in [-0.3, -0.25) is 4.79 Å². The summed E-state index contributed by atoms with van der Waals surface area (Å²) in [6.07, 6.45) is 1.58. The zero-order chi connectivity index (χ0) is 15.6. The van der Waals surface area contributed by atoms with Crippen LogP contribution in [0.2, 0.25) is 0 Å². The van der Waals surface area contributed by atoms with Gasteiger partial charge in [-0.05, 0) is 36.1 Å². The van der Waals surface area contributed by atoms with Gasteiger partial charge in [0.1, 0.15) is 12.4 Å². The van der Waals surface area contributed by atoms with Crippen molar-refractivity contribution in [3.05, 3.63) is 52.2 Å². The molecule has 1 N–H and O–H groups in total. The quantitative estimate of drug-likeness (QED) is 0.462. The predicted octanol–water partition coefficient (Wildman–Crippen LogP) is 2.60. The molecule has 1 aromatic carbocycles. The fourth-order valence-electron chi connectivity index (χ4n) is 1.67. The van der Waals surface area contributed by atoms with Crippen molar-refractivity contribution in [2.75, 3.05) is 19.8 Å². The molecule has 0 unspecified atom stereocenters. The Morgan fingerprint density at radius 3 is 3.05 bits per heavy atom. The highest BCUT2D eigenvalue weighted by molar-refractivity contribution is 7.11. The largest absolute Gasteiger partial charge is 0.492 e. The van der Waals surface area contributed by atoms with Gasteiger partial charge >= 0.3 is 0 Å². The Morgan fingerprint density at radius 2 is 2.27 bits per heavy atom. The van der Waals surface area contributed by atoms with Gasteiger partial charge in [0, 0.05) is 4.88 Å². The third kappa shape index (κ3) is 5.97. The molecule has 0 saturated carbocycles. The van der Waals surface area contributed by atoms with E-state index in [-0.39, 0.29) is 12.5 Å². The van der Waals surface area contributed by atoms with E-state index in [4.69, 9.17) is 9.57 Å². The number of aryl methyl sites for hydroxylation is 1. The van der Waals surface area contributed by atoms with Crippen LogP contribution in [-0.4, -0.2) is 31.9 Å². The lowest BCUT2D eigenvalue weighted by Gasteiger charge is -2.07. The van der Waals surface area contributed by atoms with Crippen LogP contribution < -0.4 is 10.1 Å². The Hall–Kier alpha value is -2.34. The van der Waals surface area contributed by atoms with Crippen LogP contribution in [0.3, 0.4) is 0 Å².